The number of H-pyrrole nitrogens is 1. The smallest absolute Gasteiger partial charge is 0.404 e. The van der Waals surface area contributed by atoms with Crippen LogP contribution in [0.15, 0.2) is 40.2 Å². The summed E-state index contributed by atoms with van der Waals surface area (Å²) < 4.78 is 38.5. The van der Waals surface area contributed by atoms with Crippen LogP contribution in [0.4, 0.5) is 13.2 Å². The molecule has 0 spiro atoms. The van der Waals surface area contributed by atoms with Crippen LogP contribution in [0.1, 0.15) is 50.3 Å². The fourth-order valence-electron chi connectivity index (χ4n) is 2.96. The molecule has 1 atom stereocenters. The number of aromatic amines is 1. The lowest BCUT2D eigenvalue weighted by atomic mass is 9.93. The van der Waals surface area contributed by atoms with Gasteiger partial charge in [0.05, 0.1) is 5.69 Å². The Morgan fingerprint density at radius 2 is 1.94 bits per heavy atom. The summed E-state index contributed by atoms with van der Waals surface area (Å²) in [5.74, 6) is -1.41. The van der Waals surface area contributed by atoms with Crippen LogP contribution in [0, 0.1) is 5.41 Å². The van der Waals surface area contributed by atoms with Gasteiger partial charge >= 0.3 is 6.18 Å². The van der Waals surface area contributed by atoms with Crippen molar-refractivity contribution in [3.8, 4) is 11.1 Å². The fraction of sp³-hybridized carbons (Fsp3) is 0.350. The van der Waals surface area contributed by atoms with Crippen LogP contribution in [0.25, 0.3) is 11.1 Å². The first-order chi connectivity index (χ1) is 14.6. The third kappa shape index (κ3) is 5.77. The van der Waals surface area contributed by atoms with Gasteiger partial charge in [-0.15, -0.1) is 0 Å². The number of rotatable bonds is 8. The summed E-state index contributed by atoms with van der Waals surface area (Å²) in [6, 6.07) is 1.83. The van der Waals surface area contributed by atoms with Crippen LogP contribution in [0.2, 0.25) is 0 Å². The van der Waals surface area contributed by atoms with Crippen LogP contribution in [0.3, 0.4) is 0 Å². The molecule has 2 rings (SSSR count). The lowest BCUT2D eigenvalue weighted by molar-refractivity contribution is -0.144. The van der Waals surface area contributed by atoms with E-state index in [-0.39, 0.29) is 17.8 Å². The molecular weight excluding hydrogens is 409 g/mol. The topological polar surface area (TPSA) is 142 Å². The maximum atomic E-state index is 12.8. The summed E-state index contributed by atoms with van der Waals surface area (Å²) in [5, 5.41) is 7.18. The molecule has 0 aliphatic carbocycles. The van der Waals surface area contributed by atoms with E-state index < -0.39 is 12.0 Å². The number of allylic oxidation sites excluding steroid dienone is 1. The van der Waals surface area contributed by atoms with E-state index in [0.717, 1.165) is 24.3 Å². The van der Waals surface area contributed by atoms with Gasteiger partial charge in [0.2, 0.25) is 5.82 Å². The highest BCUT2D eigenvalue weighted by Gasteiger charge is 2.34. The SMILES string of the molecule is CCC(C(C=NC(C)C)=CN)c1cc(-c2cnc(C(F)(F)F)nc2)c(C(N)=NC=N)[nH]1. The van der Waals surface area contributed by atoms with Gasteiger partial charge in [-0.2, -0.15) is 13.2 Å². The van der Waals surface area contributed by atoms with Crippen LogP contribution >= 0.6 is 0 Å². The Balaban J connectivity index is 2.59. The predicted molar refractivity (Wildman–Crippen MR) is 115 cm³/mol. The van der Waals surface area contributed by atoms with Gasteiger partial charge in [-0.05, 0) is 38.1 Å². The quantitative estimate of drug-likeness (QED) is 0.372. The van der Waals surface area contributed by atoms with Crippen molar-refractivity contribution in [2.75, 3.05) is 0 Å². The molecule has 0 saturated carbocycles. The molecule has 0 fully saturated rings. The van der Waals surface area contributed by atoms with Crippen LogP contribution < -0.4 is 11.5 Å². The summed E-state index contributed by atoms with van der Waals surface area (Å²) in [6.07, 6.45) is 2.12. The van der Waals surface area contributed by atoms with Crippen molar-refractivity contribution in [1.29, 1.82) is 5.41 Å². The lowest BCUT2D eigenvalue weighted by Crippen LogP contribution is -2.16. The van der Waals surface area contributed by atoms with Gasteiger partial charge in [0.25, 0.3) is 0 Å². The summed E-state index contributed by atoms with van der Waals surface area (Å²) in [4.78, 5) is 18.2. The van der Waals surface area contributed by atoms with Gasteiger partial charge in [0.1, 0.15) is 12.2 Å². The van der Waals surface area contributed by atoms with E-state index in [2.05, 4.69) is 24.9 Å². The zero-order chi connectivity index (χ0) is 23.2. The summed E-state index contributed by atoms with van der Waals surface area (Å²) in [7, 11) is 0. The minimum absolute atomic E-state index is 0.000117. The summed E-state index contributed by atoms with van der Waals surface area (Å²) in [5.41, 5.74) is 14.4. The first-order valence-corrected chi connectivity index (χ1v) is 9.52. The number of amidine groups is 1. The van der Waals surface area contributed by atoms with Crippen LogP contribution in [-0.2, 0) is 6.18 Å². The van der Waals surface area contributed by atoms with Gasteiger partial charge in [0.15, 0.2) is 0 Å². The Hall–Kier alpha value is -3.50. The number of hydrogen-bond acceptors (Lipinski definition) is 5. The van der Waals surface area contributed by atoms with E-state index in [9.17, 15) is 13.2 Å². The Labute approximate surface area is 177 Å². The molecule has 2 aromatic heterocycles. The van der Waals surface area contributed by atoms with E-state index in [1.165, 1.54) is 6.20 Å². The third-order valence-corrected chi connectivity index (χ3v) is 4.41. The monoisotopic (exact) mass is 434 g/mol. The average molecular weight is 434 g/mol. The average Bonchev–Trinajstić information content (AvgIpc) is 3.15. The maximum absolute atomic E-state index is 12.8. The molecule has 0 amide bonds. The third-order valence-electron chi connectivity index (χ3n) is 4.41. The van der Waals surface area contributed by atoms with Crippen molar-refractivity contribution in [3.05, 3.63) is 47.4 Å². The van der Waals surface area contributed by atoms with Gasteiger partial charge < -0.3 is 16.5 Å². The maximum Gasteiger partial charge on any atom is 0.451 e. The highest BCUT2D eigenvalue weighted by Crippen LogP contribution is 2.33. The van der Waals surface area contributed by atoms with Crippen molar-refractivity contribution in [2.45, 2.75) is 45.3 Å². The largest absolute Gasteiger partial charge is 0.451 e. The highest BCUT2D eigenvalue weighted by atomic mass is 19.4. The molecule has 0 aromatic carbocycles. The fourth-order valence-corrected chi connectivity index (χ4v) is 2.96. The molecular formula is C20H25F3N8. The molecule has 1 unspecified atom stereocenters. The molecule has 6 N–H and O–H groups in total. The summed E-state index contributed by atoms with van der Waals surface area (Å²) in [6.45, 7) is 5.85. The van der Waals surface area contributed by atoms with Crippen molar-refractivity contribution >= 4 is 18.4 Å². The number of hydrogen-bond donors (Lipinski definition) is 4. The van der Waals surface area contributed by atoms with Crippen molar-refractivity contribution < 1.29 is 13.2 Å². The number of halogens is 3. The van der Waals surface area contributed by atoms with E-state index in [0.29, 0.717) is 28.9 Å². The predicted octanol–water partition coefficient (Wildman–Crippen LogP) is 3.62. The van der Waals surface area contributed by atoms with Crippen molar-refractivity contribution in [3.63, 3.8) is 0 Å². The Morgan fingerprint density at radius 3 is 2.42 bits per heavy atom. The second-order valence-corrected chi connectivity index (χ2v) is 6.95. The molecule has 31 heavy (non-hydrogen) atoms. The molecule has 0 aliphatic rings. The van der Waals surface area contributed by atoms with E-state index >= 15 is 0 Å². The zero-order valence-electron chi connectivity index (χ0n) is 17.4. The minimum Gasteiger partial charge on any atom is -0.404 e. The molecule has 0 bridgehead atoms. The van der Waals surface area contributed by atoms with Gasteiger partial charge in [-0.1, -0.05) is 6.92 Å². The number of aliphatic imine (C=N–C) groups is 2. The second kappa shape index (κ2) is 10.0. The normalized spacial score (nSPS) is 14.4. The number of nitrogens with two attached hydrogens (primary N) is 2. The zero-order valence-corrected chi connectivity index (χ0v) is 17.4. The van der Waals surface area contributed by atoms with Crippen LogP contribution in [-0.4, -0.2) is 39.4 Å². The van der Waals surface area contributed by atoms with Gasteiger partial charge in [-0.3, -0.25) is 10.4 Å². The summed E-state index contributed by atoms with van der Waals surface area (Å²) >= 11 is 0. The van der Waals surface area contributed by atoms with Gasteiger partial charge in [-0.25, -0.2) is 15.0 Å². The standard InChI is InChI=1S/C20H25F3N8/c1-4-14(12(6-24)7-27-11(2)3)16-5-15(17(31-16)18(26)30-10-25)13-8-28-19(29-9-13)20(21,22)23/h5-11,14,31H,4,24H2,1-3H3,(H3,25,26,30). The molecule has 2 aromatic rings. The van der Waals surface area contributed by atoms with Gasteiger partial charge in [0, 0.05) is 47.4 Å². The van der Waals surface area contributed by atoms with Crippen molar-refractivity contribution in [1.82, 2.24) is 15.0 Å². The molecule has 0 saturated heterocycles. The molecule has 0 aliphatic heterocycles. The van der Waals surface area contributed by atoms with E-state index in [4.69, 9.17) is 16.9 Å². The lowest BCUT2D eigenvalue weighted by Gasteiger charge is -2.14. The first kappa shape index (κ1) is 23.8. The Morgan fingerprint density at radius 1 is 1.29 bits per heavy atom. The molecule has 0 radical (unpaired) electrons. The molecule has 8 nitrogen and oxygen atoms in total. The van der Waals surface area contributed by atoms with Crippen molar-refractivity contribution in [2.24, 2.45) is 21.5 Å². The Bertz CT molecular complexity index is 985. The first-order valence-electron chi connectivity index (χ1n) is 9.52. The van der Waals surface area contributed by atoms with Crippen LogP contribution in [0.5, 0.6) is 0 Å². The number of nitrogens with one attached hydrogen (secondary N) is 2. The Kier molecular flexibility index (Phi) is 7.67. The molecule has 2 heterocycles. The number of nitrogens with zero attached hydrogens (tertiary/aromatic N) is 4. The highest BCUT2D eigenvalue weighted by molar-refractivity contribution is 6.04. The molecule has 11 heteroatoms. The number of alkyl halides is 3. The second-order valence-electron chi connectivity index (χ2n) is 6.95. The minimum atomic E-state index is -4.64. The number of aromatic nitrogens is 3. The molecule has 166 valence electrons. The van der Waals surface area contributed by atoms with E-state index in [1.807, 2.05) is 20.8 Å². The van der Waals surface area contributed by atoms with E-state index in [1.54, 1.807) is 12.3 Å².